The summed E-state index contributed by atoms with van der Waals surface area (Å²) in [6.07, 6.45) is 5.26. The zero-order valence-electron chi connectivity index (χ0n) is 13.5. The Morgan fingerprint density at radius 2 is 1.79 bits per heavy atom. The predicted molar refractivity (Wildman–Crippen MR) is 96.5 cm³/mol. The van der Waals surface area contributed by atoms with E-state index in [1.807, 2.05) is 34.9 Å². The molecule has 4 rings (SSSR count). The van der Waals surface area contributed by atoms with Gasteiger partial charge in [0.15, 0.2) is 0 Å². The van der Waals surface area contributed by atoms with E-state index in [2.05, 4.69) is 27.0 Å². The largest absolute Gasteiger partial charge is 0.341 e. The first-order valence-corrected chi connectivity index (χ1v) is 9.36. The third-order valence-electron chi connectivity index (χ3n) is 4.67. The lowest BCUT2D eigenvalue weighted by molar-refractivity contribution is -0.122. The predicted octanol–water partition coefficient (Wildman–Crippen LogP) is 2.83. The van der Waals surface area contributed by atoms with Gasteiger partial charge in [0.05, 0.1) is 5.69 Å². The van der Waals surface area contributed by atoms with Gasteiger partial charge in [0.25, 0.3) is 0 Å². The maximum atomic E-state index is 13.0. The minimum Gasteiger partial charge on any atom is -0.341 e. The summed E-state index contributed by atoms with van der Waals surface area (Å²) in [4.78, 5) is 27.0. The van der Waals surface area contributed by atoms with E-state index in [-0.39, 0.29) is 11.8 Å². The van der Waals surface area contributed by atoms with E-state index in [1.54, 1.807) is 12.4 Å². The first-order valence-electron chi connectivity index (χ1n) is 8.38. The van der Waals surface area contributed by atoms with Crippen molar-refractivity contribution in [1.82, 2.24) is 9.97 Å². The zero-order valence-corrected chi connectivity index (χ0v) is 14.3. The van der Waals surface area contributed by atoms with E-state index >= 15 is 0 Å². The molecular weight excluding hydrogens is 320 g/mol. The van der Waals surface area contributed by atoms with Crippen molar-refractivity contribution in [2.45, 2.75) is 17.7 Å². The standard InChI is InChI=1S/C18H20N4OS/c23-17(22-12-13-24-16-5-2-1-4-15(16)22)14-6-10-21(11-7-14)18-19-8-3-9-20-18/h1-5,8-9,14H,6-7,10-13H2. The van der Waals surface area contributed by atoms with Crippen LogP contribution in [-0.4, -0.2) is 41.3 Å². The summed E-state index contributed by atoms with van der Waals surface area (Å²) in [6, 6.07) is 10.0. The van der Waals surface area contributed by atoms with Crippen LogP contribution in [0.4, 0.5) is 11.6 Å². The van der Waals surface area contributed by atoms with Crippen LogP contribution in [0.15, 0.2) is 47.6 Å². The molecule has 0 atom stereocenters. The second-order valence-corrected chi connectivity index (χ2v) is 7.25. The van der Waals surface area contributed by atoms with Crippen LogP contribution in [0.3, 0.4) is 0 Å². The van der Waals surface area contributed by atoms with Crippen molar-refractivity contribution in [2.24, 2.45) is 5.92 Å². The number of carbonyl (C=O) groups excluding carboxylic acids is 1. The van der Waals surface area contributed by atoms with Gasteiger partial charge < -0.3 is 9.80 Å². The molecular formula is C18H20N4OS. The van der Waals surface area contributed by atoms with Crippen LogP contribution >= 0.6 is 11.8 Å². The molecule has 0 radical (unpaired) electrons. The van der Waals surface area contributed by atoms with Gasteiger partial charge in [-0.1, -0.05) is 12.1 Å². The number of rotatable bonds is 2. The normalized spacial score (nSPS) is 18.3. The lowest BCUT2D eigenvalue weighted by atomic mass is 9.95. The molecule has 6 heteroatoms. The number of nitrogens with zero attached hydrogens (tertiary/aromatic N) is 4. The number of carbonyl (C=O) groups is 1. The molecule has 5 nitrogen and oxygen atoms in total. The summed E-state index contributed by atoms with van der Waals surface area (Å²) < 4.78 is 0. The van der Waals surface area contributed by atoms with Crippen molar-refractivity contribution in [3.8, 4) is 0 Å². The molecule has 2 aliphatic rings. The van der Waals surface area contributed by atoms with Crippen LogP contribution in [0, 0.1) is 5.92 Å². The second-order valence-electron chi connectivity index (χ2n) is 6.12. The fourth-order valence-corrected chi connectivity index (χ4v) is 4.39. The van der Waals surface area contributed by atoms with Gasteiger partial charge in [0.1, 0.15) is 0 Å². The highest BCUT2D eigenvalue weighted by molar-refractivity contribution is 7.99. The molecule has 3 heterocycles. The number of fused-ring (bicyclic) bond motifs is 1. The van der Waals surface area contributed by atoms with E-state index < -0.39 is 0 Å². The molecule has 1 saturated heterocycles. The van der Waals surface area contributed by atoms with Gasteiger partial charge in [-0.3, -0.25) is 4.79 Å². The van der Waals surface area contributed by atoms with Gasteiger partial charge in [-0.2, -0.15) is 0 Å². The maximum Gasteiger partial charge on any atom is 0.230 e. The van der Waals surface area contributed by atoms with E-state index in [9.17, 15) is 4.79 Å². The number of para-hydroxylation sites is 1. The molecule has 1 amide bonds. The van der Waals surface area contributed by atoms with E-state index in [1.165, 1.54) is 4.90 Å². The molecule has 0 spiro atoms. The molecule has 124 valence electrons. The number of anilines is 2. The van der Waals surface area contributed by atoms with Gasteiger partial charge in [-0.05, 0) is 31.0 Å². The van der Waals surface area contributed by atoms with Crippen LogP contribution in [0.2, 0.25) is 0 Å². The Balaban J connectivity index is 1.44. The zero-order chi connectivity index (χ0) is 16.4. The van der Waals surface area contributed by atoms with Crippen LogP contribution in [0.5, 0.6) is 0 Å². The summed E-state index contributed by atoms with van der Waals surface area (Å²) in [5, 5.41) is 0. The van der Waals surface area contributed by atoms with Crippen LogP contribution in [0.25, 0.3) is 0 Å². The average Bonchev–Trinajstić information content (AvgIpc) is 2.68. The summed E-state index contributed by atoms with van der Waals surface area (Å²) in [6.45, 7) is 2.48. The number of hydrogen-bond donors (Lipinski definition) is 0. The van der Waals surface area contributed by atoms with Gasteiger partial charge in [0.2, 0.25) is 11.9 Å². The van der Waals surface area contributed by atoms with E-state index in [0.29, 0.717) is 0 Å². The van der Waals surface area contributed by atoms with Gasteiger partial charge in [-0.15, -0.1) is 11.8 Å². The number of benzene rings is 1. The average molecular weight is 340 g/mol. The minimum absolute atomic E-state index is 0.0983. The van der Waals surface area contributed by atoms with Gasteiger partial charge in [-0.25, -0.2) is 9.97 Å². The summed E-state index contributed by atoms with van der Waals surface area (Å²) in [7, 11) is 0. The molecule has 2 aromatic rings. The number of amides is 1. The van der Waals surface area contributed by atoms with Crippen molar-refractivity contribution in [1.29, 1.82) is 0 Å². The first kappa shape index (κ1) is 15.4. The molecule has 2 aliphatic heterocycles. The Labute approximate surface area is 146 Å². The summed E-state index contributed by atoms with van der Waals surface area (Å²) in [5.41, 5.74) is 1.08. The molecule has 0 bridgehead atoms. The van der Waals surface area contributed by atoms with Crippen molar-refractivity contribution in [3.05, 3.63) is 42.7 Å². The minimum atomic E-state index is 0.0983. The molecule has 0 aliphatic carbocycles. The Kier molecular flexibility index (Phi) is 4.38. The maximum absolute atomic E-state index is 13.0. The van der Waals surface area contributed by atoms with E-state index in [0.717, 1.165) is 49.9 Å². The van der Waals surface area contributed by atoms with Crippen LogP contribution in [0.1, 0.15) is 12.8 Å². The van der Waals surface area contributed by atoms with Crippen molar-refractivity contribution < 1.29 is 4.79 Å². The summed E-state index contributed by atoms with van der Waals surface area (Å²) in [5.74, 6) is 2.11. The van der Waals surface area contributed by atoms with Gasteiger partial charge >= 0.3 is 0 Å². The van der Waals surface area contributed by atoms with E-state index in [4.69, 9.17) is 0 Å². The number of thioether (sulfide) groups is 1. The Hall–Kier alpha value is -2.08. The van der Waals surface area contributed by atoms with Gasteiger partial charge in [0, 0.05) is 48.6 Å². The molecule has 1 aromatic carbocycles. The van der Waals surface area contributed by atoms with Crippen molar-refractivity contribution in [2.75, 3.05) is 35.2 Å². The van der Waals surface area contributed by atoms with Crippen LogP contribution in [-0.2, 0) is 4.79 Å². The Morgan fingerprint density at radius 1 is 1.04 bits per heavy atom. The smallest absolute Gasteiger partial charge is 0.230 e. The quantitative estimate of drug-likeness (QED) is 0.841. The Bertz CT molecular complexity index is 716. The second kappa shape index (κ2) is 6.81. The highest BCUT2D eigenvalue weighted by Gasteiger charge is 2.31. The number of aromatic nitrogens is 2. The molecule has 0 N–H and O–H groups in total. The molecule has 0 saturated carbocycles. The van der Waals surface area contributed by atoms with Crippen LogP contribution < -0.4 is 9.80 Å². The molecule has 1 fully saturated rings. The SMILES string of the molecule is O=C(C1CCN(c2ncccn2)CC1)N1CCSc2ccccc21. The molecule has 24 heavy (non-hydrogen) atoms. The monoisotopic (exact) mass is 340 g/mol. The van der Waals surface area contributed by atoms with Crippen molar-refractivity contribution >= 4 is 29.3 Å². The fraction of sp³-hybridized carbons (Fsp3) is 0.389. The number of hydrogen-bond acceptors (Lipinski definition) is 5. The highest BCUT2D eigenvalue weighted by atomic mass is 32.2. The van der Waals surface area contributed by atoms with Crippen molar-refractivity contribution in [3.63, 3.8) is 0 Å². The summed E-state index contributed by atoms with van der Waals surface area (Å²) >= 11 is 1.84. The third-order valence-corrected chi connectivity index (χ3v) is 5.72. The lowest BCUT2D eigenvalue weighted by Crippen LogP contribution is -2.44. The number of piperidine rings is 1. The topological polar surface area (TPSA) is 49.3 Å². The first-order chi connectivity index (χ1) is 11.8. The highest BCUT2D eigenvalue weighted by Crippen LogP contribution is 2.36. The Morgan fingerprint density at radius 3 is 2.58 bits per heavy atom. The third kappa shape index (κ3) is 2.98. The molecule has 0 unspecified atom stereocenters. The molecule has 1 aromatic heterocycles. The fourth-order valence-electron chi connectivity index (χ4n) is 3.40. The lowest BCUT2D eigenvalue weighted by Gasteiger charge is -2.36.